The number of nitrogens with zero attached hydrogens (tertiary/aromatic N) is 2. The maximum atomic E-state index is 6.35. The molecular formula is C10H17N3O. The van der Waals surface area contributed by atoms with Crippen LogP contribution < -0.4 is 5.73 Å². The zero-order valence-electron chi connectivity index (χ0n) is 8.79. The minimum atomic E-state index is -0.365. The van der Waals surface area contributed by atoms with Crippen LogP contribution in [-0.4, -0.2) is 10.1 Å². The third-order valence-electron chi connectivity index (χ3n) is 3.30. The highest BCUT2D eigenvalue weighted by atomic mass is 16.5. The van der Waals surface area contributed by atoms with Crippen molar-refractivity contribution in [3.63, 3.8) is 0 Å². The lowest BCUT2D eigenvalue weighted by Gasteiger charge is -2.36. The maximum Gasteiger partial charge on any atom is 0.223 e. The third-order valence-corrected chi connectivity index (χ3v) is 3.30. The van der Waals surface area contributed by atoms with Crippen LogP contribution in [-0.2, 0) is 5.54 Å². The number of hydrogen-bond acceptors (Lipinski definition) is 4. The van der Waals surface area contributed by atoms with E-state index < -0.39 is 0 Å². The number of hydrogen-bond donors (Lipinski definition) is 1. The molecule has 4 nitrogen and oxygen atoms in total. The summed E-state index contributed by atoms with van der Waals surface area (Å²) < 4.78 is 4.99. The van der Waals surface area contributed by atoms with E-state index in [0.29, 0.717) is 17.6 Å². The van der Waals surface area contributed by atoms with Crippen LogP contribution >= 0.6 is 0 Å². The van der Waals surface area contributed by atoms with Gasteiger partial charge in [0.2, 0.25) is 5.89 Å². The van der Waals surface area contributed by atoms with Gasteiger partial charge in [0, 0.05) is 6.92 Å². The standard InChI is InChI=1S/C10H17N3O/c1-7-5-3-4-6-10(7,11)9-12-8(2)14-13-9/h7H,3-6,11H2,1-2H3. The summed E-state index contributed by atoms with van der Waals surface area (Å²) >= 11 is 0. The molecule has 1 aromatic heterocycles. The summed E-state index contributed by atoms with van der Waals surface area (Å²) in [7, 11) is 0. The van der Waals surface area contributed by atoms with E-state index in [0.717, 1.165) is 19.3 Å². The van der Waals surface area contributed by atoms with E-state index in [2.05, 4.69) is 17.1 Å². The summed E-state index contributed by atoms with van der Waals surface area (Å²) in [6.07, 6.45) is 4.54. The van der Waals surface area contributed by atoms with E-state index >= 15 is 0 Å². The molecule has 0 saturated heterocycles. The topological polar surface area (TPSA) is 64.9 Å². The van der Waals surface area contributed by atoms with Gasteiger partial charge < -0.3 is 10.3 Å². The average molecular weight is 195 g/mol. The maximum absolute atomic E-state index is 6.35. The zero-order chi connectivity index (χ0) is 10.2. The molecule has 1 aliphatic carbocycles. The van der Waals surface area contributed by atoms with E-state index in [9.17, 15) is 0 Å². The third kappa shape index (κ3) is 1.43. The Bertz CT molecular complexity index is 323. The minimum absolute atomic E-state index is 0.365. The van der Waals surface area contributed by atoms with Gasteiger partial charge in [0.15, 0.2) is 5.82 Å². The van der Waals surface area contributed by atoms with E-state index in [1.54, 1.807) is 6.92 Å². The highest BCUT2D eigenvalue weighted by molar-refractivity contribution is 5.07. The number of aryl methyl sites for hydroxylation is 1. The lowest BCUT2D eigenvalue weighted by molar-refractivity contribution is 0.189. The van der Waals surface area contributed by atoms with Gasteiger partial charge in [0.05, 0.1) is 5.54 Å². The number of aromatic nitrogens is 2. The highest BCUT2D eigenvalue weighted by Gasteiger charge is 2.39. The van der Waals surface area contributed by atoms with Crippen LogP contribution in [0.5, 0.6) is 0 Å². The predicted octanol–water partition coefficient (Wildman–Crippen LogP) is 1.74. The molecule has 78 valence electrons. The normalized spacial score (nSPS) is 33.2. The Kier molecular flexibility index (Phi) is 2.31. The average Bonchev–Trinajstić information content (AvgIpc) is 2.58. The van der Waals surface area contributed by atoms with Crippen molar-refractivity contribution in [2.24, 2.45) is 11.7 Å². The molecular weight excluding hydrogens is 178 g/mol. The lowest BCUT2D eigenvalue weighted by atomic mass is 9.74. The van der Waals surface area contributed by atoms with Crippen molar-refractivity contribution < 1.29 is 4.52 Å². The van der Waals surface area contributed by atoms with Crippen molar-refractivity contribution in [3.05, 3.63) is 11.7 Å². The van der Waals surface area contributed by atoms with Crippen LogP contribution in [0.3, 0.4) is 0 Å². The Morgan fingerprint density at radius 3 is 2.86 bits per heavy atom. The molecule has 0 bridgehead atoms. The first-order chi connectivity index (χ1) is 6.63. The molecule has 2 rings (SSSR count). The molecule has 1 aromatic rings. The van der Waals surface area contributed by atoms with E-state index in [4.69, 9.17) is 10.3 Å². The second kappa shape index (κ2) is 3.35. The van der Waals surface area contributed by atoms with Crippen LogP contribution in [0.4, 0.5) is 0 Å². The Morgan fingerprint density at radius 2 is 2.29 bits per heavy atom. The molecule has 0 aliphatic heterocycles. The molecule has 0 spiro atoms. The summed E-state index contributed by atoms with van der Waals surface area (Å²) in [6.45, 7) is 3.97. The largest absolute Gasteiger partial charge is 0.340 e. The molecule has 1 fully saturated rings. The van der Waals surface area contributed by atoms with Crippen LogP contribution in [0, 0.1) is 12.8 Å². The second-order valence-corrected chi connectivity index (χ2v) is 4.32. The Morgan fingerprint density at radius 1 is 1.50 bits per heavy atom. The second-order valence-electron chi connectivity index (χ2n) is 4.32. The monoisotopic (exact) mass is 195 g/mol. The molecule has 4 heteroatoms. The summed E-state index contributed by atoms with van der Waals surface area (Å²) in [6, 6.07) is 0. The lowest BCUT2D eigenvalue weighted by Crippen LogP contribution is -2.46. The molecule has 2 N–H and O–H groups in total. The van der Waals surface area contributed by atoms with Crippen molar-refractivity contribution in [2.45, 2.75) is 45.1 Å². The molecule has 0 amide bonds. The number of nitrogens with two attached hydrogens (primary N) is 1. The minimum Gasteiger partial charge on any atom is -0.340 e. The molecule has 2 atom stereocenters. The van der Waals surface area contributed by atoms with Crippen molar-refractivity contribution in [2.75, 3.05) is 0 Å². The van der Waals surface area contributed by atoms with E-state index in [1.807, 2.05) is 0 Å². The van der Waals surface area contributed by atoms with Gasteiger partial charge in [-0.1, -0.05) is 24.9 Å². The Labute approximate surface area is 83.9 Å². The first-order valence-electron chi connectivity index (χ1n) is 5.22. The molecule has 14 heavy (non-hydrogen) atoms. The van der Waals surface area contributed by atoms with Crippen molar-refractivity contribution >= 4 is 0 Å². The van der Waals surface area contributed by atoms with Crippen molar-refractivity contribution in [1.29, 1.82) is 0 Å². The predicted molar refractivity (Wildman–Crippen MR) is 52.5 cm³/mol. The molecule has 0 radical (unpaired) electrons. The SMILES string of the molecule is Cc1nc(C2(N)CCCCC2C)no1. The van der Waals surface area contributed by atoms with Crippen molar-refractivity contribution in [1.82, 2.24) is 10.1 Å². The molecule has 1 aliphatic rings. The van der Waals surface area contributed by atoms with E-state index in [1.165, 1.54) is 6.42 Å². The Hall–Kier alpha value is -0.900. The smallest absolute Gasteiger partial charge is 0.223 e. The van der Waals surface area contributed by atoms with Crippen LogP contribution in [0.2, 0.25) is 0 Å². The van der Waals surface area contributed by atoms with Gasteiger partial charge in [-0.3, -0.25) is 0 Å². The van der Waals surface area contributed by atoms with Gasteiger partial charge in [0.1, 0.15) is 0 Å². The van der Waals surface area contributed by atoms with Gasteiger partial charge >= 0.3 is 0 Å². The van der Waals surface area contributed by atoms with Gasteiger partial charge in [-0.05, 0) is 18.8 Å². The van der Waals surface area contributed by atoms with Gasteiger partial charge in [-0.2, -0.15) is 4.98 Å². The first-order valence-corrected chi connectivity index (χ1v) is 5.22. The number of rotatable bonds is 1. The summed E-state index contributed by atoms with van der Waals surface area (Å²) in [5.41, 5.74) is 5.99. The molecule has 2 unspecified atom stereocenters. The van der Waals surface area contributed by atoms with Gasteiger partial charge in [0.25, 0.3) is 0 Å². The van der Waals surface area contributed by atoms with Gasteiger partial charge in [-0.15, -0.1) is 0 Å². The molecule has 0 aromatic carbocycles. The summed E-state index contributed by atoms with van der Waals surface area (Å²) in [5.74, 6) is 1.72. The zero-order valence-corrected chi connectivity index (χ0v) is 8.79. The van der Waals surface area contributed by atoms with Crippen LogP contribution in [0.25, 0.3) is 0 Å². The van der Waals surface area contributed by atoms with E-state index in [-0.39, 0.29) is 5.54 Å². The van der Waals surface area contributed by atoms with Crippen LogP contribution in [0.15, 0.2) is 4.52 Å². The van der Waals surface area contributed by atoms with Gasteiger partial charge in [-0.25, -0.2) is 0 Å². The fraction of sp³-hybridized carbons (Fsp3) is 0.800. The first kappa shape index (κ1) is 9.65. The Balaban J connectivity index is 2.29. The van der Waals surface area contributed by atoms with Crippen molar-refractivity contribution in [3.8, 4) is 0 Å². The molecule has 1 saturated carbocycles. The summed E-state index contributed by atoms with van der Waals surface area (Å²) in [4.78, 5) is 4.25. The quantitative estimate of drug-likeness (QED) is 0.741. The molecule has 1 heterocycles. The summed E-state index contributed by atoms with van der Waals surface area (Å²) in [5, 5.41) is 3.95. The van der Waals surface area contributed by atoms with Crippen LogP contribution in [0.1, 0.15) is 44.3 Å². The fourth-order valence-corrected chi connectivity index (χ4v) is 2.19. The fourth-order valence-electron chi connectivity index (χ4n) is 2.19. The highest BCUT2D eigenvalue weighted by Crippen LogP contribution is 2.37.